The lowest BCUT2D eigenvalue weighted by Gasteiger charge is -2.35. The highest BCUT2D eigenvalue weighted by atomic mass is 16.2. The van der Waals surface area contributed by atoms with Gasteiger partial charge >= 0.3 is 6.03 Å². The first-order valence-corrected chi connectivity index (χ1v) is 6.58. The molecule has 1 rings (SSSR count). The van der Waals surface area contributed by atoms with Gasteiger partial charge in [0, 0.05) is 19.6 Å². The number of carbonyl (C=O) groups excluding carboxylic acids is 1. The average molecular weight is 226 g/mol. The van der Waals surface area contributed by atoms with Gasteiger partial charge in [-0.05, 0) is 18.3 Å². The van der Waals surface area contributed by atoms with Gasteiger partial charge in [0.05, 0.1) is 0 Å². The molecule has 2 amide bonds. The number of carbonyl (C=O) groups is 1. The highest BCUT2D eigenvalue weighted by Gasteiger charge is 2.25. The third-order valence-corrected chi connectivity index (χ3v) is 3.24. The van der Waals surface area contributed by atoms with E-state index in [1.807, 2.05) is 4.90 Å². The molecule has 0 aromatic rings. The maximum absolute atomic E-state index is 11.6. The molecular weight excluding hydrogens is 200 g/mol. The predicted molar refractivity (Wildman–Crippen MR) is 67.5 cm³/mol. The van der Waals surface area contributed by atoms with Crippen molar-refractivity contribution < 1.29 is 4.79 Å². The van der Waals surface area contributed by atoms with Crippen LogP contribution in [0.1, 0.15) is 52.9 Å². The van der Waals surface area contributed by atoms with Crippen molar-refractivity contribution in [2.24, 2.45) is 5.41 Å². The number of hydrogen-bond acceptors (Lipinski definition) is 1. The Morgan fingerprint density at radius 3 is 2.75 bits per heavy atom. The number of rotatable bonds is 6. The predicted octanol–water partition coefficient (Wildman–Crippen LogP) is 3.01. The summed E-state index contributed by atoms with van der Waals surface area (Å²) in [5.74, 6) is 0. The van der Waals surface area contributed by atoms with Gasteiger partial charge in [0.2, 0.25) is 0 Å². The Morgan fingerprint density at radius 1 is 1.38 bits per heavy atom. The summed E-state index contributed by atoms with van der Waals surface area (Å²) in [6.45, 7) is 9.41. The number of nitrogens with zero attached hydrogens (tertiary/aromatic N) is 1. The van der Waals surface area contributed by atoms with Crippen LogP contribution in [0.25, 0.3) is 0 Å². The van der Waals surface area contributed by atoms with Crippen molar-refractivity contribution in [3.8, 4) is 0 Å². The summed E-state index contributed by atoms with van der Waals surface area (Å²) in [5, 5.41) is 2.91. The van der Waals surface area contributed by atoms with E-state index in [1.54, 1.807) is 0 Å². The Hall–Kier alpha value is -0.730. The largest absolute Gasteiger partial charge is 0.338 e. The van der Waals surface area contributed by atoms with E-state index < -0.39 is 0 Å². The molecule has 3 heteroatoms. The molecule has 1 N–H and O–H groups in total. The fourth-order valence-electron chi connectivity index (χ4n) is 2.28. The molecule has 16 heavy (non-hydrogen) atoms. The van der Waals surface area contributed by atoms with E-state index in [-0.39, 0.29) is 11.4 Å². The summed E-state index contributed by atoms with van der Waals surface area (Å²) in [6.07, 6.45) is 6.14. The van der Waals surface area contributed by atoms with Crippen molar-refractivity contribution in [2.75, 3.05) is 19.6 Å². The van der Waals surface area contributed by atoms with Crippen LogP contribution in [0.4, 0.5) is 4.79 Å². The highest BCUT2D eigenvalue weighted by molar-refractivity contribution is 5.74. The lowest BCUT2D eigenvalue weighted by molar-refractivity contribution is 0.149. The summed E-state index contributed by atoms with van der Waals surface area (Å²) < 4.78 is 0. The minimum atomic E-state index is 0.120. The van der Waals surface area contributed by atoms with E-state index in [2.05, 4.69) is 26.1 Å². The molecule has 0 saturated carbocycles. The molecule has 0 bridgehead atoms. The first-order chi connectivity index (χ1) is 7.55. The maximum atomic E-state index is 11.6. The van der Waals surface area contributed by atoms with Crippen LogP contribution in [0.5, 0.6) is 0 Å². The lowest BCUT2D eigenvalue weighted by atomic mass is 9.86. The van der Waals surface area contributed by atoms with Crippen LogP contribution in [0.2, 0.25) is 0 Å². The van der Waals surface area contributed by atoms with Crippen LogP contribution in [0.15, 0.2) is 0 Å². The Bertz CT molecular complexity index is 226. The van der Waals surface area contributed by atoms with Gasteiger partial charge in [-0.1, -0.05) is 40.0 Å². The zero-order valence-corrected chi connectivity index (χ0v) is 11.0. The van der Waals surface area contributed by atoms with Crippen molar-refractivity contribution in [1.29, 1.82) is 0 Å². The molecule has 1 heterocycles. The summed E-state index contributed by atoms with van der Waals surface area (Å²) in [5.41, 5.74) is 0.254. The van der Waals surface area contributed by atoms with Gasteiger partial charge in [-0.25, -0.2) is 4.79 Å². The number of hydrogen-bond donors (Lipinski definition) is 1. The van der Waals surface area contributed by atoms with Crippen LogP contribution in [-0.2, 0) is 0 Å². The van der Waals surface area contributed by atoms with Crippen molar-refractivity contribution >= 4 is 6.03 Å². The Balaban J connectivity index is 2.34. The third kappa shape index (κ3) is 4.42. The van der Waals surface area contributed by atoms with E-state index in [0.717, 1.165) is 26.1 Å². The fourth-order valence-corrected chi connectivity index (χ4v) is 2.28. The van der Waals surface area contributed by atoms with Crippen molar-refractivity contribution in [1.82, 2.24) is 10.2 Å². The molecular formula is C13H26N2O. The van der Waals surface area contributed by atoms with Crippen molar-refractivity contribution in [3.05, 3.63) is 0 Å². The number of urea groups is 1. The second-order valence-corrected chi connectivity index (χ2v) is 5.63. The van der Waals surface area contributed by atoms with Crippen LogP contribution in [-0.4, -0.2) is 30.6 Å². The molecule has 1 aliphatic rings. The van der Waals surface area contributed by atoms with Gasteiger partial charge < -0.3 is 10.2 Å². The van der Waals surface area contributed by atoms with Crippen LogP contribution in [0.3, 0.4) is 0 Å². The van der Waals surface area contributed by atoms with E-state index in [1.165, 1.54) is 25.7 Å². The van der Waals surface area contributed by atoms with Gasteiger partial charge in [-0.2, -0.15) is 0 Å². The molecule has 0 aromatic heterocycles. The van der Waals surface area contributed by atoms with E-state index in [9.17, 15) is 4.79 Å². The molecule has 0 aromatic carbocycles. The molecule has 1 saturated heterocycles. The number of nitrogens with one attached hydrogen (secondary N) is 1. The highest BCUT2D eigenvalue weighted by Crippen LogP contribution is 2.25. The molecule has 1 fully saturated rings. The van der Waals surface area contributed by atoms with E-state index in [4.69, 9.17) is 0 Å². The quantitative estimate of drug-likeness (QED) is 0.694. The molecule has 94 valence electrons. The Labute approximate surface area is 99.6 Å². The Kier molecular flexibility index (Phi) is 5.10. The van der Waals surface area contributed by atoms with Gasteiger partial charge in [0.1, 0.15) is 0 Å². The minimum absolute atomic E-state index is 0.120. The molecule has 0 aliphatic carbocycles. The molecule has 0 spiro atoms. The van der Waals surface area contributed by atoms with Gasteiger partial charge in [-0.3, -0.25) is 0 Å². The molecule has 0 radical (unpaired) electrons. The molecule has 1 aliphatic heterocycles. The second kappa shape index (κ2) is 6.12. The third-order valence-electron chi connectivity index (χ3n) is 3.24. The van der Waals surface area contributed by atoms with Crippen molar-refractivity contribution in [3.63, 3.8) is 0 Å². The molecule has 3 nitrogen and oxygen atoms in total. The summed E-state index contributed by atoms with van der Waals surface area (Å²) in [4.78, 5) is 13.6. The Morgan fingerprint density at radius 2 is 2.12 bits per heavy atom. The standard InChI is InChI=1S/C13H26N2O/c1-4-5-6-8-13(2,3)11-15-10-7-9-14-12(15)16/h4-11H2,1-3H3,(H,14,16). The molecule has 0 unspecified atom stereocenters. The lowest BCUT2D eigenvalue weighted by Crippen LogP contribution is -2.49. The second-order valence-electron chi connectivity index (χ2n) is 5.63. The zero-order valence-electron chi connectivity index (χ0n) is 11.0. The summed E-state index contributed by atoms with van der Waals surface area (Å²) in [7, 11) is 0. The van der Waals surface area contributed by atoms with Gasteiger partial charge in [0.25, 0.3) is 0 Å². The van der Waals surface area contributed by atoms with Crippen molar-refractivity contribution in [2.45, 2.75) is 52.9 Å². The van der Waals surface area contributed by atoms with Crippen LogP contribution >= 0.6 is 0 Å². The normalized spacial score (nSPS) is 17.4. The average Bonchev–Trinajstić information content (AvgIpc) is 2.21. The SMILES string of the molecule is CCCCCC(C)(C)CN1CCCNC1=O. The number of unbranched alkanes of at least 4 members (excludes halogenated alkanes) is 2. The fraction of sp³-hybridized carbons (Fsp3) is 0.923. The van der Waals surface area contributed by atoms with Crippen LogP contribution < -0.4 is 5.32 Å². The molecule has 0 atom stereocenters. The maximum Gasteiger partial charge on any atom is 0.317 e. The number of amides is 2. The minimum Gasteiger partial charge on any atom is -0.338 e. The van der Waals surface area contributed by atoms with Crippen LogP contribution in [0, 0.1) is 5.41 Å². The van der Waals surface area contributed by atoms with Gasteiger partial charge in [0.15, 0.2) is 0 Å². The smallest absolute Gasteiger partial charge is 0.317 e. The summed E-state index contributed by atoms with van der Waals surface area (Å²) in [6, 6.07) is 0.120. The monoisotopic (exact) mass is 226 g/mol. The summed E-state index contributed by atoms with van der Waals surface area (Å²) >= 11 is 0. The topological polar surface area (TPSA) is 32.3 Å². The van der Waals surface area contributed by atoms with E-state index in [0.29, 0.717) is 0 Å². The zero-order chi connectivity index (χ0) is 12.0. The van der Waals surface area contributed by atoms with Gasteiger partial charge in [-0.15, -0.1) is 0 Å². The first-order valence-electron chi connectivity index (χ1n) is 6.58. The first kappa shape index (κ1) is 13.3. The van der Waals surface area contributed by atoms with E-state index >= 15 is 0 Å².